The summed E-state index contributed by atoms with van der Waals surface area (Å²) in [6.07, 6.45) is 0. The molecule has 14 heavy (non-hydrogen) atoms. The number of hydrogen-bond acceptors (Lipinski definition) is 2. The maximum Gasteiger partial charge on any atom is 0.329 e. The van der Waals surface area contributed by atoms with Crippen molar-refractivity contribution in [2.24, 2.45) is 0 Å². The van der Waals surface area contributed by atoms with Crippen LogP contribution in [-0.4, -0.2) is 20.6 Å². The molecule has 0 amide bonds. The van der Waals surface area contributed by atoms with Crippen LogP contribution in [0.15, 0.2) is 0 Å². The van der Waals surface area contributed by atoms with Gasteiger partial charge in [-0.3, -0.25) is 0 Å². The molecule has 1 aromatic rings. The molecule has 4 heteroatoms. The Morgan fingerprint density at radius 2 is 1.86 bits per heavy atom. The first-order valence-electron chi connectivity index (χ1n) is 4.55. The summed E-state index contributed by atoms with van der Waals surface area (Å²) in [5.74, 6) is -0.103. The lowest BCUT2D eigenvalue weighted by atomic mass is 10.1. The second kappa shape index (κ2) is 3.12. The van der Waals surface area contributed by atoms with E-state index in [2.05, 4.69) is 4.98 Å². The average Bonchev–Trinajstić information content (AvgIpc) is 2.26. The molecule has 0 aliphatic heterocycles. The van der Waals surface area contributed by atoms with Gasteiger partial charge in [-0.05, 0) is 34.6 Å². The van der Waals surface area contributed by atoms with Crippen molar-refractivity contribution in [2.45, 2.75) is 40.2 Å². The highest BCUT2D eigenvalue weighted by molar-refractivity contribution is 5.76. The highest BCUT2D eigenvalue weighted by Gasteiger charge is 2.32. The minimum Gasteiger partial charge on any atom is -0.480 e. The lowest BCUT2D eigenvalue weighted by Crippen LogP contribution is -2.37. The maximum absolute atomic E-state index is 11.1. The lowest BCUT2D eigenvalue weighted by Gasteiger charge is -2.24. The number of nitrogens with zero attached hydrogens (tertiary/aromatic N) is 2. The summed E-state index contributed by atoms with van der Waals surface area (Å²) in [7, 11) is 0. The van der Waals surface area contributed by atoms with E-state index in [0.717, 1.165) is 17.2 Å². The molecule has 1 rings (SSSR count). The van der Waals surface area contributed by atoms with Crippen LogP contribution in [0.3, 0.4) is 0 Å². The van der Waals surface area contributed by atoms with Gasteiger partial charge >= 0.3 is 5.97 Å². The van der Waals surface area contributed by atoms with Gasteiger partial charge in [0.2, 0.25) is 0 Å². The molecule has 0 saturated carbocycles. The molecule has 0 saturated heterocycles. The average molecular weight is 196 g/mol. The molecule has 0 aromatic carbocycles. The Morgan fingerprint density at radius 3 is 2.14 bits per heavy atom. The van der Waals surface area contributed by atoms with Crippen LogP contribution in [0.4, 0.5) is 0 Å². The van der Waals surface area contributed by atoms with Crippen molar-refractivity contribution in [3.05, 3.63) is 17.2 Å². The van der Waals surface area contributed by atoms with Crippen LogP contribution in [0, 0.1) is 20.8 Å². The minimum atomic E-state index is -0.935. The summed E-state index contributed by atoms with van der Waals surface area (Å²) in [6.45, 7) is 8.95. The third-order valence-electron chi connectivity index (χ3n) is 2.59. The molecule has 0 atom stereocenters. The minimum absolute atomic E-state index is 0.743. The predicted molar refractivity (Wildman–Crippen MR) is 53.4 cm³/mol. The molecule has 0 unspecified atom stereocenters. The zero-order valence-corrected chi connectivity index (χ0v) is 9.25. The number of aryl methyl sites for hydroxylation is 2. The largest absolute Gasteiger partial charge is 0.480 e. The Labute approximate surface area is 83.6 Å². The van der Waals surface area contributed by atoms with E-state index in [0.29, 0.717) is 0 Å². The lowest BCUT2D eigenvalue weighted by molar-refractivity contribution is -0.145. The number of carboxylic acids is 1. The molecule has 0 aliphatic carbocycles. The Bertz CT molecular complexity index is 378. The van der Waals surface area contributed by atoms with Gasteiger partial charge in [0, 0.05) is 5.69 Å². The molecule has 0 radical (unpaired) electrons. The molecule has 1 heterocycles. The van der Waals surface area contributed by atoms with Gasteiger partial charge in [-0.15, -0.1) is 0 Å². The molecular weight excluding hydrogens is 180 g/mol. The number of carboxylic acid groups (broad SMARTS) is 1. The fraction of sp³-hybridized carbons (Fsp3) is 0.600. The Balaban J connectivity index is 3.38. The summed E-state index contributed by atoms with van der Waals surface area (Å²) < 4.78 is 1.75. The van der Waals surface area contributed by atoms with E-state index in [1.165, 1.54) is 0 Å². The van der Waals surface area contributed by atoms with Crippen molar-refractivity contribution in [3.8, 4) is 0 Å². The van der Waals surface area contributed by atoms with Gasteiger partial charge in [-0.25, -0.2) is 9.78 Å². The zero-order chi connectivity index (χ0) is 11.1. The third kappa shape index (κ3) is 1.41. The third-order valence-corrected chi connectivity index (χ3v) is 2.59. The quantitative estimate of drug-likeness (QED) is 0.782. The van der Waals surface area contributed by atoms with E-state index in [4.69, 9.17) is 5.11 Å². The van der Waals surface area contributed by atoms with E-state index in [-0.39, 0.29) is 0 Å². The standard InChI is InChI=1S/C10H16N2O2/c1-6-7(2)12(8(3)11-6)10(4,5)9(13)14/h1-5H3,(H,13,14). The van der Waals surface area contributed by atoms with E-state index in [1.54, 1.807) is 18.4 Å². The number of rotatable bonds is 2. The molecule has 1 N–H and O–H groups in total. The summed E-state index contributed by atoms with van der Waals surface area (Å²) >= 11 is 0. The Hall–Kier alpha value is -1.32. The monoisotopic (exact) mass is 196 g/mol. The maximum atomic E-state index is 11.1. The molecule has 0 aliphatic rings. The summed E-state index contributed by atoms with van der Waals surface area (Å²) in [5.41, 5.74) is 0.863. The second-order valence-electron chi connectivity index (χ2n) is 4.03. The molecule has 78 valence electrons. The van der Waals surface area contributed by atoms with E-state index < -0.39 is 11.5 Å². The first-order valence-corrected chi connectivity index (χ1v) is 4.55. The van der Waals surface area contributed by atoms with Crippen LogP contribution >= 0.6 is 0 Å². The van der Waals surface area contributed by atoms with Crippen LogP contribution in [0.5, 0.6) is 0 Å². The van der Waals surface area contributed by atoms with Crippen molar-refractivity contribution in [1.29, 1.82) is 0 Å². The number of hydrogen-bond donors (Lipinski definition) is 1. The van der Waals surface area contributed by atoms with Gasteiger partial charge < -0.3 is 9.67 Å². The van der Waals surface area contributed by atoms with Crippen molar-refractivity contribution in [1.82, 2.24) is 9.55 Å². The fourth-order valence-electron chi connectivity index (χ4n) is 1.70. The van der Waals surface area contributed by atoms with Gasteiger partial charge in [0.15, 0.2) is 0 Å². The second-order valence-corrected chi connectivity index (χ2v) is 4.03. The molecular formula is C10H16N2O2. The summed E-state index contributed by atoms with van der Waals surface area (Å²) in [5, 5.41) is 9.10. The van der Waals surface area contributed by atoms with Crippen molar-refractivity contribution < 1.29 is 9.90 Å². The van der Waals surface area contributed by atoms with Crippen molar-refractivity contribution >= 4 is 5.97 Å². The fourth-order valence-corrected chi connectivity index (χ4v) is 1.70. The van der Waals surface area contributed by atoms with E-state index >= 15 is 0 Å². The van der Waals surface area contributed by atoms with Gasteiger partial charge in [-0.2, -0.15) is 0 Å². The first-order chi connectivity index (χ1) is 6.28. The van der Waals surface area contributed by atoms with Gasteiger partial charge in [0.05, 0.1) is 5.69 Å². The van der Waals surface area contributed by atoms with Crippen LogP contribution in [0.1, 0.15) is 31.1 Å². The first kappa shape index (κ1) is 10.8. The topological polar surface area (TPSA) is 55.1 Å². The smallest absolute Gasteiger partial charge is 0.329 e. The molecule has 1 aromatic heterocycles. The summed E-state index contributed by atoms with van der Waals surface area (Å²) in [6, 6.07) is 0. The SMILES string of the molecule is Cc1nc(C)n(C(C)(C)C(=O)O)c1C. The van der Waals surface area contributed by atoms with Crippen LogP contribution in [0.2, 0.25) is 0 Å². The highest BCUT2D eigenvalue weighted by Crippen LogP contribution is 2.22. The van der Waals surface area contributed by atoms with E-state index in [9.17, 15) is 4.79 Å². The highest BCUT2D eigenvalue weighted by atomic mass is 16.4. The summed E-state index contributed by atoms with van der Waals surface area (Å²) in [4.78, 5) is 15.3. The number of aliphatic carboxylic acids is 1. The molecule has 0 fully saturated rings. The van der Waals surface area contributed by atoms with Crippen LogP contribution in [0.25, 0.3) is 0 Å². The number of aromatic nitrogens is 2. The Kier molecular flexibility index (Phi) is 2.39. The Morgan fingerprint density at radius 1 is 1.36 bits per heavy atom. The van der Waals surface area contributed by atoms with Gasteiger partial charge in [0.1, 0.15) is 11.4 Å². The number of carbonyl (C=O) groups is 1. The predicted octanol–water partition coefficient (Wildman–Crippen LogP) is 1.63. The van der Waals surface area contributed by atoms with Crippen LogP contribution < -0.4 is 0 Å². The normalized spacial score (nSPS) is 11.8. The van der Waals surface area contributed by atoms with E-state index in [1.807, 2.05) is 20.8 Å². The molecule has 4 nitrogen and oxygen atoms in total. The van der Waals surface area contributed by atoms with Crippen molar-refractivity contribution in [2.75, 3.05) is 0 Å². The van der Waals surface area contributed by atoms with Gasteiger partial charge in [-0.1, -0.05) is 0 Å². The molecule has 0 bridgehead atoms. The van der Waals surface area contributed by atoms with Crippen molar-refractivity contribution in [3.63, 3.8) is 0 Å². The molecule has 0 spiro atoms. The van der Waals surface area contributed by atoms with Gasteiger partial charge in [0.25, 0.3) is 0 Å². The van der Waals surface area contributed by atoms with Crippen LogP contribution in [-0.2, 0) is 10.3 Å². The zero-order valence-electron chi connectivity index (χ0n) is 9.25. The number of imidazole rings is 1.